The molecule has 1 fully saturated rings. The van der Waals surface area contributed by atoms with Gasteiger partial charge in [-0.1, -0.05) is 18.2 Å². The molecule has 6 heteroatoms. The molecule has 0 spiro atoms. The van der Waals surface area contributed by atoms with Crippen LogP contribution in [0.3, 0.4) is 0 Å². The van der Waals surface area contributed by atoms with Gasteiger partial charge in [-0.25, -0.2) is 0 Å². The first kappa shape index (κ1) is 15.9. The number of amides is 1. The van der Waals surface area contributed by atoms with E-state index in [-0.39, 0.29) is 11.8 Å². The minimum atomic E-state index is -0.549. The SMILES string of the molecule is Cc1cc(C[C@@H]2CN(C(=O)c3cc4cccc(C)c4o3)C[C@H]2O)n[nH]1. The van der Waals surface area contributed by atoms with E-state index in [1.165, 1.54) is 0 Å². The lowest BCUT2D eigenvalue weighted by molar-refractivity contribution is 0.0736. The van der Waals surface area contributed by atoms with Gasteiger partial charge in [-0.2, -0.15) is 5.10 Å². The van der Waals surface area contributed by atoms with Crippen molar-refractivity contribution in [1.29, 1.82) is 0 Å². The fourth-order valence-electron chi connectivity index (χ4n) is 3.54. The van der Waals surface area contributed by atoms with Crippen LogP contribution in [-0.2, 0) is 6.42 Å². The summed E-state index contributed by atoms with van der Waals surface area (Å²) >= 11 is 0. The highest BCUT2D eigenvalue weighted by atomic mass is 16.3. The van der Waals surface area contributed by atoms with Crippen molar-refractivity contribution in [2.75, 3.05) is 13.1 Å². The van der Waals surface area contributed by atoms with Crippen LogP contribution >= 0.6 is 0 Å². The van der Waals surface area contributed by atoms with Crippen LogP contribution in [0.5, 0.6) is 0 Å². The number of aryl methyl sites for hydroxylation is 2. The van der Waals surface area contributed by atoms with E-state index in [0.29, 0.717) is 25.3 Å². The van der Waals surface area contributed by atoms with Gasteiger partial charge in [0, 0.05) is 30.1 Å². The summed E-state index contributed by atoms with van der Waals surface area (Å²) in [6.07, 6.45) is 0.0983. The minimum Gasteiger partial charge on any atom is -0.451 e. The molecular weight excluding hydrogens is 318 g/mol. The molecule has 0 radical (unpaired) electrons. The predicted octanol–water partition coefficient (Wildman–Crippen LogP) is 2.45. The number of nitrogens with one attached hydrogen (secondary N) is 1. The fraction of sp³-hybridized carbons (Fsp3) is 0.368. The second-order valence-electron chi connectivity index (χ2n) is 6.89. The zero-order chi connectivity index (χ0) is 17.6. The number of aromatic amines is 1. The Bertz CT molecular complexity index is 927. The molecule has 3 heterocycles. The van der Waals surface area contributed by atoms with Gasteiger partial charge in [-0.15, -0.1) is 0 Å². The summed E-state index contributed by atoms with van der Waals surface area (Å²) in [6.45, 7) is 4.73. The Kier molecular flexibility index (Phi) is 3.84. The van der Waals surface area contributed by atoms with Crippen LogP contribution in [0, 0.1) is 19.8 Å². The van der Waals surface area contributed by atoms with Crippen molar-refractivity contribution < 1.29 is 14.3 Å². The largest absolute Gasteiger partial charge is 0.451 e. The molecule has 130 valence electrons. The number of hydrogen-bond donors (Lipinski definition) is 2. The molecule has 1 aliphatic heterocycles. The molecule has 2 aromatic heterocycles. The zero-order valence-electron chi connectivity index (χ0n) is 14.3. The van der Waals surface area contributed by atoms with Crippen molar-refractivity contribution in [3.63, 3.8) is 0 Å². The summed E-state index contributed by atoms with van der Waals surface area (Å²) < 4.78 is 5.77. The molecule has 2 atom stereocenters. The summed E-state index contributed by atoms with van der Waals surface area (Å²) in [6, 6.07) is 9.59. The van der Waals surface area contributed by atoms with Gasteiger partial charge in [0.1, 0.15) is 5.58 Å². The number of benzene rings is 1. The molecule has 4 rings (SSSR count). The van der Waals surface area contributed by atoms with E-state index in [0.717, 1.165) is 27.9 Å². The number of likely N-dealkylation sites (tertiary alicyclic amines) is 1. The highest BCUT2D eigenvalue weighted by Gasteiger charge is 2.35. The molecule has 1 amide bonds. The average molecular weight is 339 g/mol. The lowest BCUT2D eigenvalue weighted by atomic mass is 10.0. The lowest BCUT2D eigenvalue weighted by Crippen LogP contribution is -2.29. The third-order valence-electron chi connectivity index (χ3n) is 4.88. The number of carbonyl (C=O) groups is 1. The fourth-order valence-corrected chi connectivity index (χ4v) is 3.54. The number of hydrogen-bond acceptors (Lipinski definition) is 4. The van der Waals surface area contributed by atoms with Gasteiger partial charge >= 0.3 is 0 Å². The van der Waals surface area contributed by atoms with Gasteiger partial charge in [-0.05, 0) is 38.0 Å². The molecule has 2 N–H and O–H groups in total. The van der Waals surface area contributed by atoms with E-state index in [1.807, 2.05) is 38.1 Å². The summed E-state index contributed by atoms with van der Waals surface area (Å²) in [5, 5.41) is 18.4. The average Bonchev–Trinajstić information content (AvgIpc) is 3.27. The highest BCUT2D eigenvalue weighted by molar-refractivity contribution is 5.96. The second kappa shape index (κ2) is 6.04. The molecule has 25 heavy (non-hydrogen) atoms. The highest BCUT2D eigenvalue weighted by Crippen LogP contribution is 2.27. The number of fused-ring (bicyclic) bond motifs is 1. The topological polar surface area (TPSA) is 82.4 Å². The summed E-state index contributed by atoms with van der Waals surface area (Å²) in [5.74, 6) is 0.140. The van der Waals surface area contributed by atoms with Gasteiger partial charge in [0.15, 0.2) is 5.76 Å². The Morgan fingerprint density at radius 3 is 2.92 bits per heavy atom. The van der Waals surface area contributed by atoms with Gasteiger partial charge < -0.3 is 14.4 Å². The third-order valence-corrected chi connectivity index (χ3v) is 4.88. The molecule has 0 aliphatic carbocycles. The Morgan fingerprint density at radius 1 is 1.36 bits per heavy atom. The molecule has 0 bridgehead atoms. The van der Waals surface area contributed by atoms with Crippen LogP contribution in [0.2, 0.25) is 0 Å². The van der Waals surface area contributed by atoms with Crippen LogP contribution < -0.4 is 0 Å². The number of furan rings is 1. The van der Waals surface area contributed by atoms with Crippen molar-refractivity contribution >= 4 is 16.9 Å². The van der Waals surface area contributed by atoms with Gasteiger partial charge in [-0.3, -0.25) is 9.89 Å². The normalized spacial score (nSPS) is 20.5. The van der Waals surface area contributed by atoms with Crippen LogP contribution in [0.1, 0.15) is 27.5 Å². The molecule has 0 saturated carbocycles. The second-order valence-corrected chi connectivity index (χ2v) is 6.89. The molecule has 1 saturated heterocycles. The van der Waals surface area contributed by atoms with E-state index in [2.05, 4.69) is 10.2 Å². The Labute approximate surface area is 145 Å². The number of para-hydroxylation sites is 1. The van der Waals surface area contributed by atoms with E-state index >= 15 is 0 Å². The molecule has 6 nitrogen and oxygen atoms in total. The molecular formula is C19H21N3O3. The third kappa shape index (κ3) is 2.93. The number of H-pyrrole nitrogens is 1. The quantitative estimate of drug-likeness (QED) is 0.768. The van der Waals surface area contributed by atoms with Gasteiger partial charge in [0.2, 0.25) is 0 Å². The van der Waals surface area contributed by atoms with E-state index < -0.39 is 6.10 Å². The van der Waals surface area contributed by atoms with Gasteiger partial charge in [0.25, 0.3) is 5.91 Å². The monoisotopic (exact) mass is 339 g/mol. The summed E-state index contributed by atoms with van der Waals surface area (Å²) in [4.78, 5) is 14.4. The molecule has 3 aromatic rings. The van der Waals surface area contributed by atoms with Crippen LogP contribution in [0.4, 0.5) is 0 Å². The van der Waals surface area contributed by atoms with Crippen molar-refractivity contribution in [3.8, 4) is 0 Å². The van der Waals surface area contributed by atoms with Crippen molar-refractivity contribution in [1.82, 2.24) is 15.1 Å². The summed E-state index contributed by atoms with van der Waals surface area (Å²) in [7, 11) is 0. The minimum absolute atomic E-state index is 0.0160. The first-order valence-electron chi connectivity index (χ1n) is 8.48. The van der Waals surface area contributed by atoms with Crippen molar-refractivity contribution in [3.05, 3.63) is 53.0 Å². The molecule has 1 aliphatic rings. The maximum atomic E-state index is 12.8. The number of nitrogens with zero attached hydrogens (tertiary/aromatic N) is 2. The standard InChI is InChI=1S/C19H21N3O3/c1-11-4-3-5-13-8-17(25-18(11)13)19(24)22-9-14(16(23)10-22)7-15-6-12(2)20-21-15/h3-6,8,14,16,23H,7,9-10H2,1-2H3,(H,20,21)/t14-,16-/m1/s1. The predicted molar refractivity (Wildman–Crippen MR) is 93.4 cm³/mol. The van der Waals surface area contributed by atoms with Crippen LogP contribution in [0.25, 0.3) is 11.0 Å². The smallest absolute Gasteiger partial charge is 0.289 e. The first-order valence-corrected chi connectivity index (χ1v) is 8.48. The maximum absolute atomic E-state index is 12.8. The van der Waals surface area contributed by atoms with E-state index in [4.69, 9.17) is 4.42 Å². The Balaban J connectivity index is 1.51. The number of aromatic nitrogens is 2. The number of β-amino-alcohol motifs (C(OH)–C–C–N with tert-alkyl or cyclic N) is 1. The maximum Gasteiger partial charge on any atom is 0.289 e. The molecule has 1 aromatic carbocycles. The van der Waals surface area contributed by atoms with Gasteiger partial charge in [0.05, 0.1) is 11.8 Å². The van der Waals surface area contributed by atoms with Crippen LogP contribution in [-0.4, -0.2) is 45.3 Å². The van der Waals surface area contributed by atoms with E-state index in [9.17, 15) is 9.90 Å². The summed E-state index contributed by atoms with van der Waals surface area (Å²) in [5.41, 5.74) is 3.65. The number of rotatable bonds is 3. The Hall–Kier alpha value is -2.60. The first-order chi connectivity index (χ1) is 12.0. The van der Waals surface area contributed by atoms with Crippen LogP contribution in [0.15, 0.2) is 34.7 Å². The van der Waals surface area contributed by atoms with Crippen molar-refractivity contribution in [2.45, 2.75) is 26.4 Å². The molecule has 0 unspecified atom stereocenters. The van der Waals surface area contributed by atoms with E-state index in [1.54, 1.807) is 11.0 Å². The number of aliphatic hydroxyl groups is 1. The Morgan fingerprint density at radius 2 is 2.20 bits per heavy atom. The number of carbonyl (C=O) groups excluding carboxylic acids is 1. The number of aliphatic hydroxyl groups excluding tert-OH is 1. The lowest BCUT2D eigenvalue weighted by Gasteiger charge is -2.14. The zero-order valence-corrected chi connectivity index (χ0v) is 14.3. The van der Waals surface area contributed by atoms with Crippen molar-refractivity contribution in [2.24, 2.45) is 5.92 Å².